The molecule has 0 radical (unpaired) electrons. The molecule has 0 unspecified atom stereocenters. The molecule has 4 rings (SSSR count). The van der Waals surface area contributed by atoms with Crippen LogP contribution in [0.25, 0.3) is 21.5 Å². The van der Waals surface area contributed by atoms with Gasteiger partial charge in [0.1, 0.15) is 9.71 Å². The third-order valence-electron chi connectivity index (χ3n) is 4.42. The van der Waals surface area contributed by atoms with E-state index in [2.05, 4.69) is 15.3 Å². The summed E-state index contributed by atoms with van der Waals surface area (Å²) < 4.78 is 0. The highest BCUT2D eigenvalue weighted by atomic mass is 32.1. The zero-order valence-electron chi connectivity index (χ0n) is 14.7. The molecule has 0 aliphatic carbocycles. The molecule has 1 atom stereocenters. The molecule has 1 amide bonds. The largest absolute Gasteiger partial charge is 0.397 e. The van der Waals surface area contributed by atoms with E-state index in [0.717, 1.165) is 27.0 Å². The number of benzene rings is 1. The number of amides is 1. The van der Waals surface area contributed by atoms with Gasteiger partial charge in [-0.05, 0) is 36.8 Å². The van der Waals surface area contributed by atoms with Crippen LogP contribution in [0.1, 0.15) is 28.2 Å². The number of nitrogen functional groups attached to an aromatic ring is 1. The van der Waals surface area contributed by atoms with Crippen molar-refractivity contribution in [2.45, 2.75) is 13.0 Å². The van der Waals surface area contributed by atoms with E-state index in [1.807, 2.05) is 61.5 Å². The molecule has 0 spiro atoms. The number of hydrogen-bond acceptors (Lipinski definition) is 5. The Morgan fingerprint density at radius 3 is 2.56 bits per heavy atom. The summed E-state index contributed by atoms with van der Waals surface area (Å²) in [5.74, 6) is -0.183. The number of nitrogens with two attached hydrogens (primary N) is 1. The Hall–Kier alpha value is -3.25. The highest BCUT2D eigenvalue weighted by molar-refractivity contribution is 7.21. The van der Waals surface area contributed by atoms with Gasteiger partial charge in [0, 0.05) is 23.3 Å². The summed E-state index contributed by atoms with van der Waals surface area (Å²) in [6.45, 7) is 1.95. The fourth-order valence-corrected chi connectivity index (χ4v) is 3.93. The van der Waals surface area contributed by atoms with Gasteiger partial charge in [-0.2, -0.15) is 0 Å². The van der Waals surface area contributed by atoms with Crippen molar-refractivity contribution in [1.29, 1.82) is 0 Å². The van der Waals surface area contributed by atoms with E-state index in [9.17, 15) is 4.79 Å². The first kappa shape index (κ1) is 17.2. The first-order valence-corrected chi connectivity index (χ1v) is 9.40. The first-order chi connectivity index (χ1) is 13.1. The van der Waals surface area contributed by atoms with Gasteiger partial charge in [0.15, 0.2) is 0 Å². The third kappa shape index (κ3) is 3.39. The molecule has 0 fully saturated rings. The van der Waals surface area contributed by atoms with E-state index in [0.29, 0.717) is 10.6 Å². The van der Waals surface area contributed by atoms with E-state index in [4.69, 9.17) is 5.73 Å². The number of pyridine rings is 2. The Kier molecular flexibility index (Phi) is 4.56. The molecule has 1 aromatic carbocycles. The van der Waals surface area contributed by atoms with E-state index in [-0.39, 0.29) is 11.9 Å². The lowest BCUT2D eigenvalue weighted by Crippen LogP contribution is -2.26. The molecule has 6 heteroatoms. The fourth-order valence-electron chi connectivity index (χ4n) is 2.94. The number of carbonyl (C=O) groups excluding carboxylic acids is 1. The maximum Gasteiger partial charge on any atom is 0.264 e. The maximum atomic E-state index is 12.8. The normalized spacial score (nSPS) is 12.0. The van der Waals surface area contributed by atoms with Gasteiger partial charge in [-0.15, -0.1) is 11.3 Å². The Labute approximate surface area is 160 Å². The van der Waals surface area contributed by atoms with Crippen LogP contribution in [0.5, 0.6) is 0 Å². The summed E-state index contributed by atoms with van der Waals surface area (Å²) in [7, 11) is 0. The van der Waals surface area contributed by atoms with Crippen LogP contribution >= 0.6 is 11.3 Å². The van der Waals surface area contributed by atoms with Gasteiger partial charge in [0.05, 0.1) is 17.4 Å². The van der Waals surface area contributed by atoms with Gasteiger partial charge in [-0.3, -0.25) is 9.78 Å². The molecular weight excluding hydrogens is 356 g/mol. The molecule has 3 aromatic heterocycles. The van der Waals surface area contributed by atoms with Crippen LogP contribution in [0.2, 0.25) is 0 Å². The maximum absolute atomic E-state index is 12.8. The molecule has 0 saturated carbocycles. The summed E-state index contributed by atoms with van der Waals surface area (Å²) in [5.41, 5.74) is 9.57. The van der Waals surface area contributed by atoms with Crippen molar-refractivity contribution in [3.05, 3.63) is 77.4 Å². The number of aromatic nitrogens is 2. The van der Waals surface area contributed by atoms with Crippen molar-refractivity contribution >= 4 is 33.1 Å². The molecule has 4 aromatic rings. The van der Waals surface area contributed by atoms with Crippen LogP contribution in [0.15, 0.2) is 67.0 Å². The van der Waals surface area contributed by atoms with Crippen LogP contribution < -0.4 is 11.1 Å². The van der Waals surface area contributed by atoms with Crippen LogP contribution in [-0.4, -0.2) is 15.9 Å². The number of anilines is 1. The SMILES string of the molecule is C[C@@H](NC(=O)c1sc2nc(-c3ccncc3)ccc2c1N)c1ccccc1. The molecule has 0 aliphatic rings. The van der Waals surface area contributed by atoms with Crippen molar-refractivity contribution in [2.24, 2.45) is 0 Å². The fraction of sp³-hybridized carbons (Fsp3) is 0.0952. The number of nitrogens with one attached hydrogen (secondary N) is 1. The number of hydrogen-bond donors (Lipinski definition) is 2. The van der Waals surface area contributed by atoms with Crippen molar-refractivity contribution in [1.82, 2.24) is 15.3 Å². The third-order valence-corrected chi connectivity index (χ3v) is 5.54. The summed E-state index contributed by atoms with van der Waals surface area (Å²) in [6, 6.07) is 17.4. The average Bonchev–Trinajstić information content (AvgIpc) is 3.05. The quantitative estimate of drug-likeness (QED) is 0.554. The highest BCUT2D eigenvalue weighted by Gasteiger charge is 2.19. The number of fused-ring (bicyclic) bond motifs is 1. The van der Waals surface area contributed by atoms with E-state index >= 15 is 0 Å². The average molecular weight is 374 g/mol. The van der Waals surface area contributed by atoms with Gasteiger partial charge in [0.2, 0.25) is 0 Å². The Balaban J connectivity index is 1.64. The van der Waals surface area contributed by atoms with Crippen molar-refractivity contribution in [2.75, 3.05) is 5.73 Å². The Morgan fingerprint density at radius 1 is 1.07 bits per heavy atom. The minimum absolute atomic E-state index is 0.108. The second-order valence-electron chi connectivity index (χ2n) is 6.24. The standard InChI is InChI=1S/C21H18N4OS/c1-13(14-5-3-2-4-6-14)24-20(26)19-18(22)16-7-8-17(25-21(16)27-19)15-9-11-23-12-10-15/h2-13H,22H2,1H3,(H,24,26)/t13-/m1/s1. The molecule has 27 heavy (non-hydrogen) atoms. The molecule has 134 valence electrons. The highest BCUT2D eigenvalue weighted by Crippen LogP contribution is 2.34. The zero-order valence-corrected chi connectivity index (χ0v) is 15.5. The summed E-state index contributed by atoms with van der Waals surface area (Å²) in [4.78, 5) is 22.7. The van der Waals surface area contributed by atoms with E-state index in [1.54, 1.807) is 12.4 Å². The lowest BCUT2D eigenvalue weighted by molar-refractivity contribution is 0.0945. The second-order valence-corrected chi connectivity index (χ2v) is 7.23. The summed E-state index contributed by atoms with van der Waals surface area (Å²) in [6.07, 6.45) is 3.46. The second kappa shape index (κ2) is 7.17. The lowest BCUT2D eigenvalue weighted by Gasteiger charge is -2.13. The van der Waals surface area contributed by atoms with E-state index in [1.165, 1.54) is 11.3 Å². The molecule has 0 aliphatic heterocycles. The van der Waals surface area contributed by atoms with Gasteiger partial charge in [-0.25, -0.2) is 4.98 Å². The topological polar surface area (TPSA) is 80.9 Å². The Bertz CT molecular complexity index is 1090. The zero-order chi connectivity index (χ0) is 18.8. The van der Waals surface area contributed by atoms with Crippen LogP contribution in [-0.2, 0) is 0 Å². The molecular formula is C21H18N4OS. The Morgan fingerprint density at radius 2 is 1.81 bits per heavy atom. The number of thiophene rings is 1. The van der Waals surface area contributed by atoms with Gasteiger partial charge < -0.3 is 11.1 Å². The van der Waals surface area contributed by atoms with Crippen molar-refractivity contribution < 1.29 is 4.79 Å². The number of rotatable bonds is 4. The minimum Gasteiger partial charge on any atom is -0.397 e. The lowest BCUT2D eigenvalue weighted by atomic mass is 10.1. The molecule has 0 bridgehead atoms. The van der Waals surface area contributed by atoms with Crippen LogP contribution in [0, 0.1) is 0 Å². The monoisotopic (exact) mass is 374 g/mol. The first-order valence-electron chi connectivity index (χ1n) is 8.58. The predicted molar refractivity (Wildman–Crippen MR) is 110 cm³/mol. The van der Waals surface area contributed by atoms with E-state index < -0.39 is 0 Å². The van der Waals surface area contributed by atoms with Gasteiger partial charge >= 0.3 is 0 Å². The molecule has 5 nitrogen and oxygen atoms in total. The van der Waals surface area contributed by atoms with Crippen LogP contribution in [0.3, 0.4) is 0 Å². The smallest absolute Gasteiger partial charge is 0.264 e. The van der Waals surface area contributed by atoms with Crippen molar-refractivity contribution in [3.63, 3.8) is 0 Å². The summed E-state index contributed by atoms with van der Waals surface area (Å²) in [5, 5.41) is 3.82. The minimum atomic E-state index is -0.183. The number of carbonyl (C=O) groups is 1. The summed E-state index contributed by atoms with van der Waals surface area (Å²) >= 11 is 1.31. The predicted octanol–water partition coefficient (Wildman–Crippen LogP) is 4.43. The molecule has 3 N–H and O–H groups in total. The van der Waals surface area contributed by atoms with Crippen molar-refractivity contribution in [3.8, 4) is 11.3 Å². The number of nitrogens with zero attached hydrogens (tertiary/aromatic N) is 2. The molecule has 3 heterocycles. The van der Waals surface area contributed by atoms with Gasteiger partial charge in [-0.1, -0.05) is 30.3 Å². The van der Waals surface area contributed by atoms with Crippen LogP contribution in [0.4, 0.5) is 5.69 Å². The molecule has 0 saturated heterocycles. The van der Waals surface area contributed by atoms with Gasteiger partial charge in [0.25, 0.3) is 5.91 Å².